The zero-order chi connectivity index (χ0) is 18.5. The van der Waals surface area contributed by atoms with Crippen molar-refractivity contribution in [2.75, 3.05) is 43.5 Å². The largest absolute Gasteiger partial charge is 0.497 e. The Hall–Kier alpha value is -2.53. The van der Waals surface area contributed by atoms with Crippen LogP contribution in [0.2, 0.25) is 0 Å². The molecular formula is C21H27N3O2. The fourth-order valence-electron chi connectivity index (χ4n) is 3.31. The molecule has 3 rings (SSSR count). The minimum absolute atomic E-state index is 0.0467. The third-order valence-electron chi connectivity index (χ3n) is 4.95. The number of nitrogens with zero attached hydrogens (tertiary/aromatic N) is 2. The van der Waals surface area contributed by atoms with Gasteiger partial charge in [0.1, 0.15) is 5.75 Å². The first-order valence-electron chi connectivity index (χ1n) is 9.07. The number of rotatable bonds is 5. The van der Waals surface area contributed by atoms with Gasteiger partial charge in [0.25, 0.3) is 0 Å². The van der Waals surface area contributed by atoms with Crippen LogP contribution in [0.1, 0.15) is 12.5 Å². The summed E-state index contributed by atoms with van der Waals surface area (Å²) in [7, 11) is 1.69. The minimum Gasteiger partial charge on any atom is -0.497 e. The first-order valence-corrected chi connectivity index (χ1v) is 9.07. The van der Waals surface area contributed by atoms with E-state index in [9.17, 15) is 4.79 Å². The standard InChI is InChI=1S/C21H27N3O2/c1-16-6-4-7-18(14-16)22-21(25)17(2)23-10-12-24(13-11-23)19-8-5-9-20(15-19)26-3/h4-9,14-15,17H,10-13H2,1-3H3,(H,22,25). The number of hydrogen-bond donors (Lipinski definition) is 1. The van der Waals surface area contributed by atoms with Gasteiger partial charge in [-0.15, -0.1) is 0 Å². The lowest BCUT2D eigenvalue weighted by Crippen LogP contribution is -2.52. The van der Waals surface area contributed by atoms with Gasteiger partial charge in [-0.25, -0.2) is 0 Å². The molecular weight excluding hydrogens is 326 g/mol. The summed E-state index contributed by atoms with van der Waals surface area (Å²) < 4.78 is 5.31. The Balaban J connectivity index is 1.56. The third kappa shape index (κ3) is 4.35. The molecule has 2 aromatic rings. The van der Waals surface area contributed by atoms with Crippen LogP contribution >= 0.6 is 0 Å². The van der Waals surface area contributed by atoms with Crippen LogP contribution in [0.15, 0.2) is 48.5 Å². The van der Waals surface area contributed by atoms with E-state index in [1.807, 2.05) is 50.2 Å². The molecule has 5 heteroatoms. The number of aryl methyl sites for hydroxylation is 1. The molecule has 0 aliphatic carbocycles. The van der Waals surface area contributed by atoms with Crippen molar-refractivity contribution in [2.24, 2.45) is 0 Å². The molecule has 26 heavy (non-hydrogen) atoms. The number of anilines is 2. The van der Waals surface area contributed by atoms with E-state index in [1.165, 1.54) is 5.69 Å². The van der Waals surface area contributed by atoms with Gasteiger partial charge in [-0.05, 0) is 43.7 Å². The highest BCUT2D eigenvalue weighted by molar-refractivity contribution is 5.94. The molecule has 1 aliphatic heterocycles. The second-order valence-corrected chi connectivity index (χ2v) is 6.76. The number of carbonyl (C=O) groups is 1. The molecule has 1 N–H and O–H groups in total. The zero-order valence-corrected chi connectivity index (χ0v) is 15.7. The predicted molar refractivity (Wildman–Crippen MR) is 106 cm³/mol. The molecule has 0 saturated carbocycles. The van der Waals surface area contributed by atoms with Gasteiger partial charge in [0.05, 0.1) is 13.2 Å². The molecule has 1 unspecified atom stereocenters. The van der Waals surface area contributed by atoms with Crippen LogP contribution in [-0.4, -0.2) is 50.1 Å². The normalized spacial score (nSPS) is 16.2. The van der Waals surface area contributed by atoms with Crippen LogP contribution in [-0.2, 0) is 4.79 Å². The lowest BCUT2D eigenvalue weighted by molar-refractivity contribution is -0.120. The van der Waals surface area contributed by atoms with E-state index in [2.05, 4.69) is 27.2 Å². The highest BCUT2D eigenvalue weighted by Crippen LogP contribution is 2.22. The Bertz CT molecular complexity index is 754. The van der Waals surface area contributed by atoms with Gasteiger partial charge in [0.15, 0.2) is 0 Å². The van der Waals surface area contributed by atoms with Crippen LogP contribution in [0.3, 0.4) is 0 Å². The van der Waals surface area contributed by atoms with Crippen LogP contribution < -0.4 is 15.0 Å². The average molecular weight is 353 g/mol. The van der Waals surface area contributed by atoms with Gasteiger partial charge in [0.2, 0.25) is 5.91 Å². The first-order chi connectivity index (χ1) is 12.6. The number of amides is 1. The van der Waals surface area contributed by atoms with Crippen molar-refractivity contribution in [2.45, 2.75) is 19.9 Å². The summed E-state index contributed by atoms with van der Waals surface area (Å²) in [6, 6.07) is 15.9. The van der Waals surface area contributed by atoms with Crippen LogP contribution in [0.5, 0.6) is 5.75 Å². The number of nitrogens with one attached hydrogen (secondary N) is 1. The maximum Gasteiger partial charge on any atom is 0.241 e. The maximum atomic E-state index is 12.6. The first kappa shape index (κ1) is 18.3. The van der Waals surface area contributed by atoms with Crippen molar-refractivity contribution in [3.8, 4) is 5.75 Å². The Morgan fingerprint density at radius 3 is 2.50 bits per heavy atom. The third-order valence-corrected chi connectivity index (χ3v) is 4.95. The summed E-state index contributed by atoms with van der Waals surface area (Å²) >= 11 is 0. The zero-order valence-electron chi connectivity index (χ0n) is 15.7. The van der Waals surface area contributed by atoms with Gasteiger partial charge in [-0.3, -0.25) is 9.69 Å². The molecule has 0 spiro atoms. The number of benzene rings is 2. The number of carbonyl (C=O) groups excluding carboxylic acids is 1. The molecule has 1 amide bonds. The van der Waals surface area contributed by atoms with E-state index in [0.717, 1.165) is 43.2 Å². The summed E-state index contributed by atoms with van der Waals surface area (Å²) in [5, 5.41) is 3.03. The molecule has 1 atom stereocenters. The Kier molecular flexibility index (Phi) is 5.78. The highest BCUT2D eigenvalue weighted by Gasteiger charge is 2.25. The summed E-state index contributed by atoms with van der Waals surface area (Å²) in [5.74, 6) is 0.918. The fraction of sp³-hybridized carbons (Fsp3) is 0.381. The molecule has 1 heterocycles. The quantitative estimate of drug-likeness (QED) is 0.897. The second kappa shape index (κ2) is 8.23. The van der Waals surface area contributed by atoms with Crippen molar-refractivity contribution in [1.82, 2.24) is 4.90 Å². The van der Waals surface area contributed by atoms with Gasteiger partial charge < -0.3 is 15.0 Å². The maximum absolute atomic E-state index is 12.6. The number of ether oxygens (including phenoxy) is 1. The Morgan fingerprint density at radius 2 is 1.81 bits per heavy atom. The molecule has 0 bridgehead atoms. The summed E-state index contributed by atoms with van der Waals surface area (Å²) in [6.07, 6.45) is 0. The SMILES string of the molecule is COc1cccc(N2CCN(C(C)C(=O)Nc3cccc(C)c3)CC2)c1. The second-order valence-electron chi connectivity index (χ2n) is 6.76. The lowest BCUT2D eigenvalue weighted by atomic mass is 10.1. The van der Waals surface area contributed by atoms with Crippen LogP contribution in [0.4, 0.5) is 11.4 Å². The van der Waals surface area contributed by atoms with Crippen LogP contribution in [0.25, 0.3) is 0 Å². The molecule has 0 radical (unpaired) electrons. The van der Waals surface area contributed by atoms with E-state index in [4.69, 9.17) is 4.74 Å². The van der Waals surface area contributed by atoms with E-state index in [0.29, 0.717) is 0 Å². The smallest absolute Gasteiger partial charge is 0.241 e. The van der Waals surface area contributed by atoms with Crippen molar-refractivity contribution >= 4 is 17.3 Å². The lowest BCUT2D eigenvalue weighted by Gasteiger charge is -2.38. The summed E-state index contributed by atoms with van der Waals surface area (Å²) in [5.41, 5.74) is 3.17. The van der Waals surface area contributed by atoms with E-state index >= 15 is 0 Å². The molecule has 1 aliphatic rings. The number of piperazine rings is 1. The van der Waals surface area contributed by atoms with Crippen molar-refractivity contribution < 1.29 is 9.53 Å². The average Bonchev–Trinajstić information content (AvgIpc) is 2.67. The van der Waals surface area contributed by atoms with Gasteiger partial charge in [0, 0.05) is 43.6 Å². The molecule has 1 fully saturated rings. The van der Waals surface area contributed by atoms with Crippen molar-refractivity contribution in [3.63, 3.8) is 0 Å². The van der Waals surface area contributed by atoms with E-state index < -0.39 is 0 Å². The summed E-state index contributed by atoms with van der Waals surface area (Å²) in [6.45, 7) is 7.52. The Morgan fingerprint density at radius 1 is 1.08 bits per heavy atom. The van der Waals surface area contributed by atoms with E-state index in [-0.39, 0.29) is 11.9 Å². The topological polar surface area (TPSA) is 44.8 Å². The fourth-order valence-corrected chi connectivity index (χ4v) is 3.31. The molecule has 5 nitrogen and oxygen atoms in total. The van der Waals surface area contributed by atoms with Gasteiger partial charge in [-0.1, -0.05) is 18.2 Å². The van der Waals surface area contributed by atoms with E-state index in [1.54, 1.807) is 7.11 Å². The molecule has 0 aromatic heterocycles. The number of hydrogen-bond acceptors (Lipinski definition) is 4. The number of methoxy groups -OCH3 is 1. The van der Waals surface area contributed by atoms with Crippen LogP contribution in [0, 0.1) is 6.92 Å². The molecule has 2 aromatic carbocycles. The van der Waals surface area contributed by atoms with Crippen molar-refractivity contribution in [3.05, 3.63) is 54.1 Å². The summed E-state index contributed by atoms with van der Waals surface area (Å²) in [4.78, 5) is 17.2. The van der Waals surface area contributed by atoms with Gasteiger partial charge >= 0.3 is 0 Å². The van der Waals surface area contributed by atoms with Crippen molar-refractivity contribution in [1.29, 1.82) is 0 Å². The predicted octanol–water partition coefficient (Wildman–Crippen LogP) is 3.15. The minimum atomic E-state index is -0.150. The molecule has 138 valence electrons. The van der Waals surface area contributed by atoms with Gasteiger partial charge in [-0.2, -0.15) is 0 Å². The Labute approximate surface area is 155 Å². The molecule has 1 saturated heterocycles. The highest BCUT2D eigenvalue weighted by atomic mass is 16.5. The monoisotopic (exact) mass is 353 g/mol.